The van der Waals surface area contributed by atoms with E-state index in [1.807, 2.05) is 19.1 Å². The summed E-state index contributed by atoms with van der Waals surface area (Å²) in [5.74, 6) is 0.523. The van der Waals surface area contributed by atoms with Gasteiger partial charge in [0.25, 0.3) is 0 Å². The molecular weight excluding hydrogens is 246 g/mol. The van der Waals surface area contributed by atoms with Gasteiger partial charge in [-0.15, -0.1) is 0 Å². The van der Waals surface area contributed by atoms with E-state index >= 15 is 0 Å². The molecular formula is C15H24ClNO. The molecule has 0 amide bonds. The number of hydrogen-bond acceptors (Lipinski definition) is 2. The largest absolute Gasteiger partial charge is 0.380 e. The Labute approximate surface area is 116 Å². The number of hydrogen-bond donors (Lipinski definition) is 1. The SMILES string of the molecule is CCOCC(C)NC(c1ccc(Cl)cc1)C(C)C. The highest BCUT2D eigenvalue weighted by Gasteiger charge is 2.17. The Kier molecular flexibility index (Phi) is 6.69. The van der Waals surface area contributed by atoms with Crippen LogP contribution in [-0.4, -0.2) is 19.3 Å². The van der Waals surface area contributed by atoms with Crippen molar-refractivity contribution < 1.29 is 4.74 Å². The fourth-order valence-electron chi connectivity index (χ4n) is 1.99. The molecule has 0 aliphatic heterocycles. The third-order valence-electron chi connectivity index (χ3n) is 2.93. The van der Waals surface area contributed by atoms with Crippen LogP contribution in [0.4, 0.5) is 0 Å². The normalized spacial score (nSPS) is 14.8. The topological polar surface area (TPSA) is 21.3 Å². The second kappa shape index (κ2) is 7.78. The Balaban J connectivity index is 2.68. The summed E-state index contributed by atoms with van der Waals surface area (Å²) in [6.07, 6.45) is 0. The number of nitrogens with one attached hydrogen (secondary N) is 1. The molecule has 0 aliphatic carbocycles. The van der Waals surface area contributed by atoms with E-state index in [1.54, 1.807) is 0 Å². The third-order valence-corrected chi connectivity index (χ3v) is 3.18. The van der Waals surface area contributed by atoms with Crippen LogP contribution in [-0.2, 0) is 4.74 Å². The van der Waals surface area contributed by atoms with Gasteiger partial charge in [-0.2, -0.15) is 0 Å². The van der Waals surface area contributed by atoms with Crippen molar-refractivity contribution in [3.63, 3.8) is 0 Å². The van der Waals surface area contributed by atoms with Crippen LogP contribution in [0.3, 0.4) is 0 Å². The zero-order valence-electron chi connectivity index (χ0n) is 11.7. The number of halogens is 1. The first-order chi connectivity index (χ1) is 8.54. The van der Waals surface area contributed by atoms with E-state index in [1.165, 1.54) is 5.56 Å². The minimum atomic E-state index is 0.331. The quantitative estimate of drug-likeness (QED) is 0.806. The molecule has 102 valence electrons. The minimum Gasteiger partial charge on any atom is -0.380 e. The molecule has 18 heavy (non-hydrogen) atoms. The average Bonchev–Trinajstić information content (AvgIpc) is 2.34. The molecule has 1 aromatic rings. The van der Waals surface area contributed by atoms with Crippen LogP contribution in [0.15, 0.2) is 24.3 Å². The summed E-state index contributed by atoms with van der Waals surface area (Å²) < 4.78 is 5.45. The fraction of sp³-hybridized carbons (Fsp3) is 0.600. The maximum Gasteiger partial charge on any atom is 0.0616 e. The molecule has 0 aromatic heterocycles. The van der Waals surface area contributed by atoms with Crippen molar-refractivity contribution in [3.05, 3.63) is 34.9 Å². The van der Waals surface area contributed by atoms with Gasteiger partial charge >= 0.3 is 0 Å². The van der Waals surface area contributed by atoms with Gasteiger partial charge in [-0.1, -0.05) is 37.6 Å². The van der Waals surface area contributed by atoms with Gasteiger partial charge in [-0.05, 0) is 37.5 Å². The van der Waals surface area contributed by atoms with E-state index in [0.29, 0.717) is 18.0 Å². The predicted octanol–water partition coefficient (Wildman–Crippen LogP) is 4.05. The van der Waals surface area contributed by atoms with Crippen molar-refractivity contribution in [2.24, 2.45) is 5.92 Å². The first-order valence-electron chi connectivity index (χ1n) is 6.63. The highest BCUT2D eigenvalue weighted by molar-refractivity contribution is 6.30. The summed E-state index contributed by atoms with van der Waals surface area (Å²) >= 11 is 5.93. The van der Waals surface area contributed by atoms with Gasteiger partial charge in [0, 0.05) is 23.7 Å². The minimum absolute atomic E-state index is 0.331. The number of rotatable bonds is 7. The lowest BCUT2D eigenvalue weighted by molar-refractivity contribution is 0.120. The van der Waals surface area contributed by atoms with Crippen molar-refractivity contribution in [1.29, 1.82) is 0 Å². The average molecular weight is 270 g/mol. The van der Waals surface area contributed by atoms with Crippen molar-refractivity contribution in [2.75, 3.05) is 13.2 Å². The maximum absolute atomic E-state index is 5.93. The van der Waals surface area contributed by atoms with Crippen molar-refractivity contribution in [1.82, 2.24) is 5.32 Å². The van der Waals surface area contributed by atoms with Crippen LogP contribution in [0.2, 0.25) is 5.02 Å². The number of benzene rings is 1. The van der Waals surface area contributed by atoms with E-state index in [0.717, 1.165) is 18.2 Å². The van der Waals surface area contributed by atoms with Crippen LogP contribution in [0, 0.1) is 5.92 Å². The lowest BCUT2D eigenvalue weighted by Gasteiger charge is -2.27. The van der Waals surface area contributed by atoms with Gasteiger partial charge in [0.1, 0.15) is 0 Å². The van der Waals surface area contributed by atoms with Gasteiger partial charge in [-0.25, -0.2) is 0 Å². The Bertz CT molecular complexity index is 337. The monoisotopic (exact) mass is 269 g/mol. The second-order valence-electron chi connectivity index (χ2n) is 5.00. The van der Waals surface area contributed by atoms with E-state index < -0.39 is 0 Å². The van der Waals surface area contributed by atoms with Gasteiger partial charge in [0.2, 0.25) is 0 Å². The summed E-state index contributed by atoms with van der Waals surface area (Å²) in [7, 11) is 0. The van der Waals surface area contributed by atoms with Crippen molar-refractivity contribution in [2.45, 2.75) is 39.8 Å². The lowest BCUT2D eigenvalue weighted by Crippen LogP contribution is -2.36. The van der Waals surface area contributed by atoms with Crippen molar-refractivity contribution >= 4 is 11.6 Å². The maximum atomic E-state index is 5.93. The Morgan fingerprint density at radius 1 is 1.17 bits per heavy atom. The molecule has 0 radical (unpaired) electrons. The van der Waals surface area contributed by atoms with Crippen LogP contribution in [0.5, 0.6) is 0 Å². The molecule has 0 heterocycles. The third kappa shape index (κ3) is 4.97. The summed E-state index contributed by atoms with van der Waals surface area (Å²) in [6.45, 7) is 10.1. The lowest BCUT2D eigenvalue weighted by atomic mass is 9.95. The van der Waals surface area contributed by atoms with Crippen LogP contribution in [0.1, 0.15) is 39.3 Å². The first-order valence-corrected chi connectivity index (χ1v) is 7.01. The predicted molar refractivity (Wildman–Crippen MR) is 78.1 cm³/mol. The molecule has 1 aromatic carbocycles. The molecule has 0 bridgehead atoms. The first kappa shape index (κ1) is 15.5. The molecule has 2 nitrogen and oxygen atoms in total. The molecule has 0 spiro atoms. The summed E-state index contributed by atoms with van der Waals surface area (Å²) in [5.41, 5.74) is 1.28. The molecule has 2 unspecified atom stereocenters. The number of ether oxygens (including phenoxy) is 1. The van der Waals surface area contributed by atoms with Crippen LogP contribution >= 0.6 is 11.6 Å². The van der Waals surface area contributed by atoms with Crippen molar-refractivity contribution in [3.8, 4) is 0 Å². The van der Waals surface area contributed by atoms with Gasteiger partial charge in [0.15, 0.2) is 0 Å². The van der Waals surface area contributed by atoms with Gasteiger partial charge in [0.05, 0.1) is 6.61 Å². The Morgan fingerprint density at radius 2 is 1.78 bits per heavy atom. The summed E-state index contributed by atoms with van der Waals surface area (Å²) in [5, 5.41) is 4.40. The molecule has 1 rings (SSSR count). The van der Waals surface area contributed by atoms with Gasteiger partial charge < -0.3 is 10.1 Å². The zero-order chi connectivity index (χ0) is 13.5. The Morgan fingerprint density at radius 3 is 2.28 bits per heavy atom. The Hall–Kier alpha value is -0.570. The molecule has 0 saturated carbocycles. The van der Waals surface area contributed by atoms with Crippen LogP contribution < -0.4 is 5.32 Å². The molecule has 2 atom stereocenters. The molecule has 3 heteroatoms. The van der Waals surface area contributed by atoms with E-state index in [2.05, 4.69) is 38.2 Å². The molecule has 0 saturated heterocycles. The van der Waals surface area contributed by atoms with Gasteiger partial charge in [-0.3, -0.25) is 0 Å². The summed E-state index contributed by atoms with van der Waals surface area (Å²) in [4.78, 5) is 0. The van der Waals surface area contributed by atoms with E-state index in [-0.39, 0.29) is 0 Å². The summed E-state index contributed by atoms with van der Waals surface area (Å²) in [6, 6.07) is 8.74. The van der Waals surface area contributed by atoms with Crippen LogP contribution in [0.25, 0.3) is 0 Å². The molecule has 0 fully saturated rings. The molecule has 0 aliphatic rings. The second-order valence-corrected chi connectivity index (χ2v) is 5.44. The van der Waals surface area contributed by atoms with E-state index in [4.69, 9.17) is 16.3 Å². The standard InChI is InChI=1S/C15H24ClNO/c1-5-18-10-12(4)17-15(11(2)3)13-6-8-14(16)9-7-13/h6-9,11-12,15,17H,5,10H2,1-4H3. The highest BCUT2D eigenvalue weighted by Crippen LogP contribution is 2.23. The fourth-order valence-corrected chi connectivity index (χ4v) is 2.12. The van der Waals surface area contributed by atoms with E-state index in [9.17, 15) is 0 Å². The zero-order valence-corrected chi connectivity index (χ0v) is 12.5. The molecule has 1 N–H and O–H groups in total. The smallest absolute Gasteiger partial charge is 0.0616 e. The highest BCUT2D eigenvalue weighted by atomic mass is 35.5.